The average molecular weight is 255 g/mol. The van der Waals surface area contributed by atoms with Crippen LogP contribution < -0.4 is 10.6 Å². The fourth-order valence-electron chi connectivity index (χ4n) is 1.36. The quantitative estimate of drug-likeness (QED) is 0.259. The number of rotatable bonds is 6. The van der Waals surface area contributed by atoms with E-state index in [1.165, 1.54) is 19.5 Å². The molecule has 8 nitrogen and oxygen atoms in total. The van der Waals surface area contributed by atoms with Crippen molar-refractivity contribution in [2.45, 2.75) is 6.10 Å². The minimum absolute atomic E-state index is 0.101. The Morgan fingerprint density at radius 2 is 2.28 bits per heavy atom. The number of amidine groups is 1. The number of likely N-dealkylation sites (N-methyl/N-ethyl adjacent to an activating group) is 1. The molecule has 0 amide bonds. The van der Waals surface area contributed by atoms with Gasteiger partial charge in [-0.1, -0.05) is 5.16 Å². The van der Waals surface area contributed by atoms with Crippen molar-refractivity contribution in [2.24, 2.45) is 10.9 Å². The van der Waals surface area contributed by atoms with Crippen molar-refractivity contribution in [1.29, 1.82) is 0 Å². The highest BCUT2D eigenvalue weighted by Gasteiger charge is 2.10. The first-order chi connectivity index (χ1) is 8.58. The maximum atomic E-state index is 9.57. The molecule has 0 spiro atoms. The summed E-state index contributed by atoms with van der Waals surface area (Å²) in [5.74, 6) is 0.468. The Bertz CT molecular complexity index is 395. The molecule has 1 aromatic heterocycles. The predicted molar refractivity (Wildman–Crippen MR) is 65.7 cm³/mol. The number of aromatic nitrogens is 2. The Balaban J connectivity index is 2.67. The second-order valence-electron chi connectivity index (χ2n) is 3.73. The van der Waals surface area contributed by atoms with E-state index >= 15 is 0 Å². The summed E-state index contributed by atoms with van der Waals surface area (Å²) < 4.78 is 4.83. The molecule has 4 N–H and O–H groups in total. The third-order valence-electron chi connectivity index (χ3n) is 2.24. The molecule has 0 aliphatic rings. The number of hydrogen-bond donors (Lipinski definition) is 3. The van der Waals surface area contributed by atoms with E-state index in [1.807, 2.05) is 0 Å². The first-order valence-corrected chi connectivity index (χ1v) is 5.26. The van der Waals surface area contributed by atoms with E-state index in [4.69, 9.17) is 15.7 Å². The Morgan fingerprint density at radius 3 is 2.78 bits per heavy atom. The van der Waals surface area contributed by atoms with Crippen LogP contribution in [0.15, 0.2) is 17.5 Å². The molecule has 8 heteroatoms. The number of hydrogen-bond acceptors (Lipinski definition) is 7. The summed E-state index contributed by atoms with van der Waals surface area (Å²) in [4.78, 5) is 9.82. The van der Waals surface area contributed by atoms with Crippen LogP contribution in [0.3, 0.4) is 0 Å². The lowest BCUT2D eigenvalue weighted by atomic mass is 10.3. The molecule has 18 heavy (non-hydrogen) atoms. The van der Waals surface area contributed by atoms with Crippen LogP contribution in [-0.4, -0.2) is 59.5 Å². The topological polar surface area (TPSA) is 117 Å². The number of aliphatic hydroxyl groups is 1. The molecular weight excluding hydrogens is 238 g/mol. The van der Waals surface area contributed by atoms with Crippen molar-refractivity contribution >= 4 is 11.7 Å². The first-order valence-electron chi connectivity index (χ1n) is 5.26. The fraction of sp³-hybridized carbons (Fsp3) is 0.500. The summed E-state index contributed by atoms with van der Waals surface area (Å²) in [7, 11) is 3.29. The van der Waals surface area contributed by atoms with Gasteiger partial charge in [-0.25, -0.2) is 9.97 Å². The summed E-state index contributed by atoms with van der Waals surface area (Å²) in [5.41, 5.74) is 5.65. The molecule has 0 aliphatic carbocycles. The zero-order valence-electron chi connectivity index (χ0n) is 10.3. The molecule has 0 aromatic carbocycles. The summed E-state index contributed by atoms with van der Waals surface area (Å²) in [6.45, 7) is 0.616. The van der Waals surface area contributed by atoms with Crippen molar-refractivity contribution in [3.63, 3.8) is 0 Å². The van der Waals surface area contributed by atoms with Gasteiger partial charge in [0.15, 0.2) is 5.84 Å². The number of anilines is 1. The van der Waals surface area contributed by atoms with Gasteiger partial charge in [0.05, 0.1) is 25.1 Å². The minimum Gasteiger partial charge on any atom is -0.409 e. The average Bonchev–Trinajstić information content (AvgIpc) is 2.38. The molecule has 0 bridgehead atoms. The Labute approximate surface area is 105 Å². The van der Waals surface area contributed by atoms with E-state index in [2.05, 4.69) is 15.1 Å². The van der Waals surface area contributed by atoms with Gasteiger partial charge in [-0.3, -0.25) is 0 Å². The van der Waals surface area contributed by atoms with E-state index in [9.17, 15) is 5.11 Å². The molecule has 0 radical (unpaired) electrons. The second-order valence-corrected chi connectivity index (χ2v) is 3.73. The van der Waals surface area contributed by atoms with Gasteiger partial charge in [0, 0.05) is 20.7 Å². The van der Waals surface area contributed by atoms with Crippen molar-refractivity contribution in [1.82, 2.24) is 9.97 Å². The van der Waals surface area contributed by atoms with Crippen LogP contribution in [0.25, 0.3) is 0 Å². The lowest BCUT2D eigenvalue weighted by molar-refractivity contribution is 0.0694. The van der Waals surface area contributed by atoms with E-state index in [0.29, 0.717) is 12.4 Å². The smallest absolute Gasteiger partial charge is 0.190 e. The molecule has 1 unspecified atom stereocenters. The van der Waals surface area contributed by atoms with Gasteiger partial charge in [-0.15, -0.1) is 0 Å². The van der Waals surface area contributed by atoms with Crippen LogP contribution in [0.5, 0.6) is 0 Å². The fourth-order valence-corrected chi connectivity index (χ4v) is 1.36. The van der Waals surface area contributed by atoms with Gasteiger partial charge in [-0.05, 0) is 0 Å². The normalized spacial score (nSPS) is 13.4. The summed E-state index contributed by atoms with van der Waals surface area (Å²) in [6, 6.07) is 0. The van der Waals surface area contributed by atoms with Crippen LogP contribution in [0.2, 0.25) is 0 Å². The van der Waals surface area contributed by atoms with Crippen molar-refractivity contribution < 1.29 is 15.1 Å². The Kier molecular flexibility index (Phi) is 5.28. The molecule has 0 aliphatic heterocycles. The van der Waals surface area contributed by atoms with Gasteiger partial charge in [0.2, 0.25) is 0 Å². The highest BCUT2D eigenvalue weighted by molar-refractivity contribution is 5.94. The number of nitrogens with two attached hydrogens (primary N) is 1. The van der Waals surface area contributed by atoms with Crippen molar-refractivity contribution in [2.75, 3.05) is 32.2 Å². The minimum atomic E-state index is -0.606. The summed E-state index contributed by atoms with van der Waals surface area (Å²) >= 11 is 0. The van der Waals surface area contributed by atoms with E-state index in [1.54, 1.807) is 11.9 Å². The highest BCUT2D eigenvalue weighted by atomic mass is 16.5. The maximum Gasteiger partial charge on any atom is 0.190 e. The molecule has 100 valence electrons. The lowest BCUT2D eigenvalue weighted by Gasteiger charge is -2.20. The SMILES string of the molecule is COCC(O)CN(C)c1cnc(C(N)=NO)cn1. The van der Waals surface area contributed by atoms with Crippen molar-refractivity contribution in [3.8, 4) is 0 Å². The standard InChI is InChI=1S/C10H17N5O3/c1-15(5-7(16)6-18-2)9-4-12-8(3-13-9)10(11)14-17/h3-4,7,16-17H,5-6H2,1-2H3,(H2,11,14). The third kappa shape index (κ3) is 3.82. The number of oxime groups is 1. The number of ether oxygens (including phenoxy) is 1. The van der Waals surface area contributed by atoms with Crippen molar-refractivity contribution in [3.05, 3.63) is 18.1 Å². The molecule has 1 atom stereocenters. The third-order valence-corrected chi connectivity index (χ3v) is 2.24. The molecule has 1 heterocycles. The number of methoxy groups -OCH3 is 1. The highest BCUT2D eigenvalue weighted by Crippen LogP contribution is 2.07. The van der Waals surface area contributed by atoms with Crippen LogP contribution in [-0.2, 0) is 4.74 Å². The lowest BCUT2D eigenvalue weighted by Crippen LogP contribution is -2.32. The van der Waals surface area contributed by atoms with Gasteiger partial charge in [0.25, 0.3) is 0 Å². The largest absolute Gasteiger partial charge is 0.409 e. The number of aliphatic hydroxyl groups excluding tert-OH is 1. The Morgan fingerprint density at radius 1 is 1.56 bits per heavy atom. The molecule has 0 fully saturated rings. The number of nitrogens with zero attached hydrogens (tertiary/aromatic N) is 4. The first kappa shape index (κ1) is 14.1. The second kappa shape index (κ2) is 6.72. The summed E-state index contributed by atoms with van der Waals surface area (Å²) in [6.07, 6.45) is 2.27. The van der Waals surface area contributed by atoms with Gasteiger partial charge >= 0.3 is 0 Å². The Hall–Kier alpha value is -1.93. The molecule has 1 aromatic rings. The predicted octanol–water partition coefficient (Wildman–Crippen LogP) is -0.985. The van der Waals surface area contributed by atoms with E-state index < -0.39 is 6.10 Å². The van der Waals surface area contributed by atoms with Crippen LogP contribution in [0, 0.1) is 0 Å². The van der Waals surface area contributed by atoms with Gasteiger partial charge in [0.1, 0.15) is 11.5 Å². The molecular formula is C10H17N5O3. The van der Waals surface area contributed by atoms with Crippen LogP contribution >= 0.6 is 0 Å². The van der Waals surface area contributed by atoms with Gasteiger partial charge in [-0.2, -0.15) is 0 Å². The molecule has 1 rings (SSSR count). The molecule has 0 saturated carbocycles. The van der Waals surface area contributed by atoms with Crippen LogP contribution in [0.4, 0.5) is 5.82 Å². The van der Waals surface area contributed by atoms with Gasteiger partial charge < -0.3 is 25.7 Å². The zero-order chi connectivity index (χ0) is 13.5. The van der Waals surface area contributed by atoms with E-state index in [0.717, 1.165) is 0 Å². The molecule has 0 saturated heterocycles. The van der Waals surface area contributed by atoms with Crippen LogP contribution in [0.1, 0.15) is 5.69 Å². The summed E-state index contributed by atoms with van der Waals surface area (Å²) in [5, 5.41) is 20.9. The monoisotopic (exact) mass is 255 g/mol. The zero-order valence-corrected chi connectivity index (χ0v) is 10.3. The maximum absolute atomic E-state index is 9.57. The van der Waals surface area contributed by atoms with E-state index in [-0.39, 0.29) is 18.1 Å².